The molecule has 32 heavy (non-hydrogen) atoms. The predicted molar refractivity (Wildman–Crippen MR) is 130 cm³/mol. The van der Waals surface area contributed by atoms with Gasteiger partial charge in [0.25, 0.3) is 0 Å². The smallest absolute Gasteiger partial charge is 0.410 e. The molecule has 1 saturated heterocycles. The summed E-state index contributed by atoms with van der Waals surface area (Å²) >= 11 is 3.61. The molecule has 0 saturated carbocycles. The van der Waals surface area contributed by atoms with Crippen LogP contribution < -0.4 is 0 Å². The number of hydrogen-bond acceptors (Lipinski definition) is 4. The monoisotopic (exact) mass is 492 g/mol. The summed E-state index contributed by atoms with van der Waals surface area (Å²) < 4.78 is 8.91. The molecule has 6 nitrogen and oxygen atoms in total. The van der Waals surface area contributed by atoms with Crippen LogP contribution in [0.1, 0.15) is 33.2 Å². The number of fused-ring (bicyclic) bond motifs is 3. The lowest BCUT2D eigenvalue weighted by Gasteiger charge is -2.25. The van der Waals surface area contributed by atoms with Gasteiger partial charge in [0.15, 0.2) is 0 Å². The third kappa shape index (κ3) is 3.86. The molecule has 0 spiro atoms. The van der Waals surface area contributed by atoms with Crippen LogP contribution in [0, 0.1) is 0 Å². The fraction of sp³-hybridized carbons (Fsp3) is 0.320. The standard InChI is InChI=1S/C25H25BrN4O2/c1-25(2,3)32-24(31)29-12-11-18(15-29)30-22-19-13-17(26)9-10-20(19)27-14-21(22)28-23(30)16-7-5-4-6-8-16/h4-10,13-14,18H,11-12,15H2,1-3H3/t18-/m1/s1. The number of nitrogens with zero attached hydrogens (tertiary/aromatic N) is 4. The minimum atomic E-state index is -0.514. The molecule has 1 aliphatic rings. The van der Waals surface area contributed by atoms with Crippen molar-refractivity contribution in [2.45, 2.75) is 38.8 Å². The Hall–Kier alpha value is -2.93. The Morgan fingerprint density at radius 2 is 1.91 bits per heavy atom. The zero-order valence-electron chi connectivity index (χ0n) is 18.4. The fourth-order valence-electron chi connectivity index (χ4n) is 4.34. The molecular weight excluding hydrogens is 468 g/mol. The summed E-state index contributed by atoms with van der Waals surface area (Å²) in [6, 6.07) is 16.4. The zero-order chi connectivity index (χ0) is 22.5. The van der Waals surface area contributed by atoms with Crippen LogP contribution in [0.3, 0.4) is 0 Å². The molecule has 1 amide bonds. The number of pyridine rings is 1. The lowest BCUT2D eigenvalue weighted by atomic mass is 10.1. The van der Waals surface area contributed by atoms with E-state index in [0.29, 0.717) is 13.1 Å². The number of rotatable bonds is 2. The highest BCUT2D eigenvalue weighted by Gasteiger charge is 2.33. The van der Waals surface area contributed by atoms with Crippen molar-refractivity contribution in [3.05, 3.63) is 59.2 Å². The van der Waals surface area contributed by atoms with Crippen LogP contribution in [-0.2, 0) is 4.74 Å². The maximum absolute atomic E-state index is 12.7. The minimum Gasteiger partial charge on any atom is -0.444 e. The molecule has 1 atom stereocenters. The lowest BCUT2D eigenvalue weighted by molar-refractivity contribution is 0.0289. The third-order valence-electron chi connectivity index (χ3n) is 5.69. The van der Waals surface area contributed by atoms with Crippen LogP contribution in [-0.4, -0.2) is 44.2 Å². The van der Waals surface area contributed by atoms with E-state index in [4.69, 9.17) is 9.72 Å². The molecule has 0 bridgehead atoms. The SMILES string of the molecule is CC(C)(C)OC(=O)N1CC[C@@H](n2c(-c3ccccc3)nc3cnc4ccc(Br)cc4c32)C1. The Labute approximate surface area is 195 Å². The third-order valence-corrected chi connectivity index (χ3v) is 6.18. The Morgan fingerprint density at radius 3 is 2.66 bits per heavy atom. The molecular formula is C25H25BrN4O2. The summed E-state index contributed by atoms with van der Waals surface area (Å²) in [5, 5.41) is 1.04. The number of halogens is 1. The van der Waals surface area contributed by atoms with Crippen molar-refractivity contribution in [3.8, 4) is 11.4 Å². The van der Waals surface area contributed by atoms with Gasteiger partial charge in [-0.3, -0.25) is 4.98 Å². The molecule has 164 valence electrons. The van der Waals surface area contributed by atoms with Crippen molar-refractivity contribution in [2.75, 3.05) is 13.1 Å². The average molecular weight is 493 g/mol. The predicted octanol–water partition coefficient (Wildman–Crippen LogP) is 6.20. The average Bonchev–Trinajstić information content (AvgIpc) is 3.38. The van der Waals surface area contributed by atoms with Crippen molar-refractivity contribution in [2.24, 2.45) is 0 Å². The molecule has 0 aliphatic carbocycles. The summed E-state index contributed by atoms with van der Waals surface area (Å²) in [7, 11) is 0. The van der Waals surface area contributed by atoms with Gasteiger partial charge < -0.3 is 14.2 Å². The van der Waals surface area contributed by atoms with E-state index < -0.39 is 5.60 Å². The normalized spacial score (nSPS) is 16.8. The van der Waals surface area contributed by atoms with Gasteiger partial charge in [-0.05, 0) is 45.4 Å². The quantitative estimate of drug-likeness (QED) is 0.334. The number of aromatic nitrogens is 3. The number of hydrogen-bond donors (Lipinski definition) is 0. The topological polar surface area (TPSA) is 60.2 Å². The van der Waals surface area contributed by atoms with E-state index in [2.05, 4.69) is 43.7 Å². The van der Waals surface area contributed by atoms with Crippen molar-refractivity contribution >= 4 is 44.0 Å². The minimum absolute atomic E-state index is 0.0901. The first kappa shape index (κ1) is 20.9. The second-order valence-electron chi connectivity index (χ2n) is 9.19. The molecule has 2 aromatic heterocycles. The second kappa shape index (κ2) is 7.89. The van der Waals surface area contributed by atoms with Gasteiger partial charge in [-0.2, -0.15) is 0 Å². The van der Waals surface area contributed by atoms with Crippen molar-refractivity contribution < 1.29 is 9.53 Å². The number of imidazole rings is 1. The molecule has 4 aromatic rings. The van der Waals surface area contributed by atoms with Crippen LogP contribution in [0.2, 0.25) is 0 Å². The summed E-state index contributed by atoms with van der Waals surface area (Å²) in [6.07, 6.45) is 2.41. The van der Waals surface area contributed by atoms with Gasteiger partial charge >= 0.3 is 6.09 Å². The van der Waals surface area contributed by atoms with E-state index in [-0.39, 0.29) is 12.1 Å². The highest BCUT2D eigenvalue weighted by Crippen LogP contribution is 2.36. The van der Waals surface area contributed by atoms with Crippen LogP contribution in [0.15, 0.2) is 59.2 Å². The second-order valence-corrected chi connectivity index (χ2v) is 10.1. The molecule has 5 rings (SSSR count). The zero-order valence-corrected chi connectivity index (χ0v) is 20.0. The number of ether oxygens (including phenoxy) is 1. The lowest BCUT2D eigenvalue weighted by Crippen LogP contribution is -2.35. The van der Waals surface area contributed by atoms with E-state index in [1.807, 2.05) is 57.3 Å². The highest BCUT2D eigenvalue weighted by molar-refractivity contribution is 9.10. The summed E-state index contributed by atoms with van der Waals surface area (Å²) in [5.74, 6) is 0.894. The highest BCUT2D eigenvalue weighted by atomic mass is 79.9. The fourth-order valence-corrected chi connectivity index (χ4v) is 4.70. The summed E-state index contributed by atoms with van der Waals surface area (Å²) in [5.41, 5.74) is 3.35. The first-order chi connectivity index (χ1) is 15.3. The largest absolute Gasteiger partial charge is 0.444 e. The molecule has 1 fully saturated rings. The molecule has 0 N–H and O–H groups in total. The summed E-state index contributed by atoms with van der Waals surface area (Å²) in [4.78, 5) is 24.1. The maximum atomic E-state index is 12.7. The number of likely N-dealkylation sites (tertiary alicyclic amines) is 1. The van der Waals surface area contributed by atoms with Gasteiger partial charge in [-0.25, -0.2) is 9.78 Å². The first-order valence-electron chi connectivity index (χ1n) is 10.8. The number of carbonyl (C=O) groups is 1. The van der Waals surface area contributed by atoms with Crippen molar-refractivity contribution in [1.82, 2.24) is 19.4 Å². The van der Waals surface area contributed by atoms with Crippen LogP contribution in [0.5, 0.6) is 0 Å². The number of benzene rings is 2. The van der Waals surface area contributed by atoms with Gasteiger partial charge in [0.1, 0.15) is 16.9 Å². The van der Waals surface area contributed by atoms with E-state index >= 15 is 0 Å². The van der Waals surface area contributed by atoms with Gasteiger partial charge in [0.05, 0.1) is 23.3 Å². The summed E-state index contributed by atoms with van der Waals surface area (Å²) in [6.45, 7) is 6.92. The molecule has 0 radical (unpaired) electrons. The van der Waals surface area contributed by atoms with Crippen LogP contribution >= 0.6 is 15.9 Å². The van der Waals surface area contributed by atoms with Gasteiger partial charge in [-0.1, -0.05) is 46.3 Å². The Kier molecular flexibility index (Phi) is 5.16. The van der Waals surface area contributed by atoms with Crippen LogP contribution in [0.4, 0.5) is 4.79 Å². The molecule has 3 heterocycles. The molecule has 0 unspecified atom stereocenters. The molecule has 1 aliphatic heterocycles. The van der Waals surface area contributed by atoms with Crippen LogP contribution in [0.25, 0.3) is 33.3 Å². The van der Waals surface area contributed by atoms with Gasteiger partial charge in [0, 0.05) is 28.5 Å². The van der Waals surface area contributed by atoms with Gasteiger partial charge in [-0.15, -0.1) is 0 Å². The van der Waals surface area contributed by atoms with E-state index in [1.54, 1.807) is 4.90 Å². The van der Waals surface area contributed by atoms with Gasteiger partial charge in [0.2, 0.25) is 0 Å². The molecule has 7 heteroatoms. The molecule has 2 aromatic carbocycles. The van der Waals surface area contributed by atoms with E-state index in [9.17, 15) is 4.79 Å². The van der Waals surface area contributed by atoms with Crippen molar-refractivity contribution in [1.29, 1.82) is 0 Å². The van der Waals surface area contributed by atoms with Crippen molar-refractivity contribution in [3.63, 3.8) is 0 Å². The first-order valence-corrected chi connectivity index (χ1v) is 11.6. The Balaban J connectivity index is 1.65. The number of amides is 1. The van der Waals surface area contributed by atoms with E-state index in [1.165, 1.54) is 0 Å². The Morgan fingerprint density at radius 1 is 1.12 bits per heavy atom. The maximum Gasteiger partial charge on any atom is 0.410 e. The number of carbonyl (C=O) groups excluding carboxylic acids is 1. The van der Waals surface area contributed by atoms with E-state index in [0.717, 1.165) is 44.2 Å². The Bertz CT molecular complexity index is 1310.